The van der Waals surface area contributed by atoms with Crippen LogP contribution in [-0.2, 0) is 12.1 Å². The molecule has 144 valence electrons. The quantitative estimate of drug-likeness (QED) is 0.844. The van der Waals surface area contributed by atoms with Crippen LogP contribution >= 0.6 is 0 Å². The van der Waals surface area contributed by atoms with Gasteiger partial charge >= 0.3 is 0 Å². The molecule has 1 N–H and O–H groups in total. The smallest absolute Gasteiger partial charge is 0.137 e. The van der Waals surface area contributed by atoms with Gasteiger partial charge in [-0.15, -0.1) is 0 Å². The number of piperidine rings is 1. The molecule has 1 fully saturated rings. The molecular formula is C20H24F2N4O. The summed E-state index contributed by atoms with van der Waals surface area (Å²) in [5, 5.41) is 15.6. The predicted molar refractivity (Wildman–Crippen MR) is 98.8 cm³/mol. The SMILES string of the molecule is C=CC=C1CCN(C(C)C(O)(Cn2cncn2)c2ccc(F)cc2F)CC1. The van der Waals surface area contributed by atoms with Crippen LogP contribution < -0.4 is 0 Å². The Morgan fingerprint density at radius 1 is 1.33 bits per heavy atom. The Balaban J connectivity index is 1.92. The zero-order chi connectivity index (χ0) is 19.4. The van der Waals surface area contributed by atoms with Crippen LogP contribution in [0.25, 0.3) is 0 Å². The molecule has 0 spiro atoms. The second kappa shape index (κ2) is 8.10. The van der Waals surface area contributed by atoms with Gasteiger partial charge < -0.3 is 5.11 Å². The highest BCUT2D eigenvalue weighted by molar-refractivity contribution is 5.27. The Hall–Kier alpha value is -2.38. The fraction of sp³-hybridized carbons (Fsp3) is 0.400. The summed E-state index contributed by atoms with van der Waals surface area (Å²) in [6, 6.07) is 2.87. The predicted octanol–water partition coefficient (Wildman–Crippen LogP) is 3.04. The van der Waals surface area contributed by atoms with Gasteiger partial charge in [0.1, 0.15) is 29.9 Å². The zero-order valence-corrected chi connectivity index (χ0v) is 15.4. The van der Waals surface area contributed by atoms with E-state index in [2.05, 4.69) is 21.6 Å². The van der Waals surface area contributed by atoms with Crippen LogP contribution in [0.1, 0.15) is 25.3 Å². The molecule has 2 aromatic rings. The summed E-state index contributed by atoms with van der Waals surface area (Å²) < 4.78 is 29.5. The number of likely N-dealkylation sites (tertiary alicyclic amines) is 1. The fourth-order valence-electron chi connectivity index (χ4n) is 3.68. The second-order valence-electron chi connectivity index (χ2n) is 6.91. The molecule has 0 aliphatic carbocycles. The van der Waals surface area contributed by atoms with Gasteiger partial charge in [0.25, 0.3) is 0 Å². The van der Waals surface area contributed by atoms with Crippen LogP contribution in [0.5, 0.6) is 0 Å². The number of allylic oxidation sites excluding steroid dienone is 2. The summed E-state index contributed by atoms with van der Waals surface area (Å²) in [5.74, 6) is -1.45. The molecule has 3 rings (SSSR count). The van der Waals surface area contributed by atoms with E-state index in [0.29, 0.717) is 0 Å². The molecule has 0 radical (unpaired) electrons. The second-order valence-corrected chi connectivity index (χ2v) is 6.91. The van der Waals surface area contributed by atoms with Crippen molar-refractivity contribution in [3.63, 3.8) is 0 Å². The molecule has 1 aliphatic rings. The van der Waals surface area contributed by atoms with Crippen LogP contribution in [0, 0.1) is 11.6 Å². The summed E-state index contributed by atoms with van der Waals surface area (Å²) in [4.78, 5) is 6.02. The van der Waals surface area contributed by atoms with Gasteiger partial charge in [-0.05, 0) is 25.8 Å². The lowest BCUT2D eigenvalue weighted by Gasteiger charge is -2.43. The summed E-state index contributed by atoms with van der Waals surface area (Å²) in [6.07, 6.45) is 8.36. The Morgan fingerprint density at radius 2 is 2.07 bits per heavy atom. The van der Waals surface area contributed by atoms with Crippen molar-refractivity contribution in [2.75, 3.05) is 13.1 Å². The molecule has 1 aromatic carbocycles. The lowest BCUT2D eigenvalue weighted by Crippen LogP contribution is -2.53. The van der Waals surface area contributed by atoms with Gasteiger partial charge in [0.15, 0.2) is 0 Å². The first-order chi connectivity index (χ1) is 12.9. The Kier molecular flexibility index (Phi) is 5.82. The lowest BCUT2D eigenvalue weighted by molar-refractivity contribution is -0.0657. The summed E-state index contributed by atoms with van der Waals surface area (Å²) in [5.41, 5.74) is -0.230. The van der Waals surface area contributed by atoms with Crippen LogP contribution in [0.3, 0.4) is 0 Å². The molecule has 2 atom stereocenters. The van der Waals surface area contributed by atoms with E-state index in [1.165, 1.54) is 35.0 Å². The van der Waals surface area contributed by atoms with Crippen molar-refractivity contribution in [3.05, 3.63) is 72.4 Å². The van der Waals surface area contributed by atoms with Gasteiger partial charge in [0.05, 0.1) is 6.54 Å². The Morgan fingerprint density at radius 3 is 2.67 bits per heavy atom. The third-order valence-electron chi connectivity index (χ3n) is 5.30. The average molecular weight is 374 g/mol. The van der Waals surface area contributed by atoms with Crippen molar-refractivity contribution in [2.24, 2.45) is 0 Å². The topological polar surface area (TPSA) is 54.2 Å². The number of hydrogen-bond donors (Lipinski definition) is 1. The van der Waals surface area contributed by atoms with Crippen LogP contribution in [0.2, 0.25) is 0 Å². The van der Waals surface area contributed by atoms with Crippen LogP contribution in [-0.4, -0.2) is 43.9 Å². The highest BCUT2D eigenvalue weighted by Gasteiger charge is 2.42. The van der Waals surface area contributed by atoms with E-state index in [1.54, 1.807) is 6.08 Å². The average Bonchev–Trinajstić information content (AvgIpc) is 3.14. The van der Waals surface area contributed by atoms with Crippen molar-refractivity contribution >= 4 is 0 Å². The first-order valence-corrected chi connectivity index (χ1v) is 8.99. The molecule has 0 bridgehead atoms. The van der Waals surface area contributed by atoms with E-state index in [9.17, 15) is 13.9 Å². The van der Waals surface area contributed by atoms with Crippen molar-refractivity contribution in [2.45, 2.75) is 38.0 Å². The number of rotatable bonds is 6. The van der Waals surface area contributed by atoms with E-state index in [0.717, 1.165) is 32.0 Å². The van der Waals surface area contributed by atoms with Gasteiger partial charge in [-0.2, -0.15) is 5.10 Å². The maximum absolute atomic E-state index is 14.6. The third kappa shape index (κ3) is 4.14. The molecule has 1 aliphatic heterocycles. The molecule has 1 saturated heterocycles. The minimum atomic E-state index is -1.59. The van der Waals surface area contributed by atoms with Crippen molar-refractivity contribution in [1.29, 1.82) is 0 Å². The van der Waals surface area contributed by atoms with E-state index in [-0.39, 0.29) is 12.1 Å². The van der Waals surface area contributed by atoms with Gasteiger partial charge in [-0.1, -0.05) is 30.4 Å². The first kappa shape index (κ1) is 19.4. The largest absolute Gasteiger partial charge is 0.381 e. The maximum Gasteiger partial charge on any atom is 0.137 e. The number of nitrogens with zero attached hydrogens (tertiary/aromatic N) is 4. The molecule has 7 heteroatoms. The highest BCUT2D eigenvalue weighted by Crippen LogP contribution is 2.34. The summed E-state index contributed by atoms with van der Waals surface area (Å²) in [6.45, 7) is 7.09. The molecule has 1 aromatic heterocycles. The first-order valence-electron chi connectivity index (χ1n) is 8.99. The monoisotopic (exact) mass is 374 g/mol. The summed E-state index contributed by atoms with van der Waals surface area (Å²) in [7, 11) is 0. The van der Waals surface area contributed by atoms with E-state index in [4.69, 9.17) is 0 Å². The molecule has 2 heterocycles. The van der Waals surface area contributed by atoms with Gasteiger partial charge in [-0.25, -0.2) is 18.4 Å². The van der Waals surface area contributed by atoms with E-state index >= 15 is 0 Å². The highest BCUT2D eigenvalue weighted by atomic mass is 19.1. The number of aliphatic hydroxyl groups is 1. The Labute approximate surface area is 157 Å². The third-order valence-corrected chi connectivity index (χ3v) is 5.30. The molecule has 0 saturated carbocycles. The Bertz CT molecular complexity index is 811. The molecule has 27 heavy (non-hydrogen) atoms. The lowest BCUT2D eigenvalue weighted by atomic mass is 9.84. The van der Waals surface area contributed by atoms with Gasteiger partial charge in [0, 0.05) is 30.8 Å². The minimum absolute atomic E-state index is 0.0164. The van der Waals surface area contributed by atoms with Crippen LogP contribution in [0.15, 0.2) is 55.2 Å². The minimum Gasteiger partial charge on any atom is -0.381 e. The molecular weight excluding hydrogens is 350 g/mol. The number of benzene rings is 1. The van der Waals surface area contributed by atoms with Crippen LogP contribution in [0.4, 0.5) is 8.78 Å². The summed E-state index contributed by atoms with van der Waals surface area (Å²) >= 11 is 0. The standard InChI is InChI=1S/C20H24F2N4O/c1-3-4-16-7-9-25(10-8-16)15(2)20(27,12-26-14-23-13-24-26)18-6-5-17(21)11-19(18)22/h3-6,11,13-15,27H,1,7-10,12H2,2H3. The van der Waals surface area contributed by atoms with Gasteiger partial charge in [0.2, 0.25) is 0 Å². The van der Waals surface area contributed by atoms with Gasteiger partial charge in [-0.3, -0.25) is 4.90 Å². The number of hydrogen-bond acceptors (Lipinski definition) is 4. The van der Waals surface area contributed by atoms with E-state index < -0.39 is 23.3 Å². The molecule has 0 amide bonds. The zero-order valence-electron chi connectivity index (χ0n) is 15.4. The van der Waals surface area contributed by atoms with Crippen molar-refractivity contribution in [3.8, 4) is 0 Å². The van der Waals surface area contributed by atoms with Crippen molar-refractivity contribution < 1.29 is 13.9 Å². The molecule has 2 unspecified atom stereocenters. The number of aromatic nitrogens is 3. The fourth-order valence-corrected chi connectivity index (χ4v) is 3.68. The van der Waals surface area contributed by atoms with Crippen molar-refractivity contribution in [1.82, 2.24) is 19.7 Å². The van der Waals surface area contributed by atoms with E-state index in [1.807, 2.05) is 13.0 Å². The maximum atomic E-state index is 14.6. The molecule has 5 nitrogen and oxygen atoms in total. The normalized spacial score (nSPS) is 18.7. The number of halogens is 2.